The predicted molar refractivity (Wildman–Crippen MR) is 140 cm³/mol. The minimum Gasteiger partial charge on any atom is -0.508 e. The number of carbonyl (C=O) groups is 2. The van der Waals surface area contributed by atoms with Gasteiger partial charge in [0.2, 0.25) is 11.8 Å². The highest BCUT2D eigenvalue weighted by Crippen LogP contribution is 2.36. The smallest absolute Gasteiger partial charge is 0.248 e. The van der Waals surface area contributed by atoms with Gasteiger partial charge in [-0.25, -0.2) is 15.0 Å². The number of hydrogen-bond donors (Lipinski definition) is 3. The van der Waals surface area contributed by atoms with Crippen LogP contribution in [0.1, 0.15) is 25.8 Å². The van der Waals surface area contributed by atoms with E-state index in [1.165, 1.54) is 6.33 Å². The third kappa shape index (κ3) is 4.02. The van der Waals surface area contributed by atoms with E-state index in [0.29, 0.717) is 33.3 Å². The number of aromatic nitrogens is 4. The molecule has 1 aliphatic rings. The van der Waals surface area contributed by atoms with Gasteiger partial charge in [-0.15, -0.1) is 0 Å². The maximum Gasteiger partial charge on any atom is 0.248 e. The van der Waals surface area contributed by atoms with Crippen molar-refractivity contribution in [2.24, 2.45) is 5.92 Å². The number of nitrogens with two attached hydrogens (primary N) is 1. The molecule has 4 N–H and O–H groups in total. The molecule has 0 spiro atoms. The van der Waals surface area contributed by atoms with Gasteiger partial charge in [-0.1, -0.05) is 13.0 Å². The van der Waals surface area contributed by atoms with Crippen LogP contribution in [-0.2, 0) is 16.1 Å². The zero-order valence-corrected chi connectivity index (χ0v) is 21.7. The first-order valence-electron chi connectivity index (χ1n) is 11.6. The number of pyridine rings is 1. The van der Waals surface area contributed by atoms with E-state index in [9.17, 15) is 14.7 Å². The Morgan fingerprint density at radius 3 is 2.78 bits per heavy atom. The average Bonchev–Trinajstić information content (AvgIpc) is 3.29. The van der Waals surface area contributed by atoms with E-state index in [1.54, 1.807) is 39.8 Å². The maximum absolute atomic E-state index is 13.8. The van der Waals surface area contributed by atoms with Gasteiger partial charge in [0.15, 0.2) is 0 Å². The minimum atomic E-state index is -0.638. The summed E-state index contributed by atoms with van der Waals surface area (Å²) in [5, 5.41) is 14.3. The van der Waals surface area contributed by atoms with Crippen LogP contribution >= 0.6 is 15.9 Å². The van der Waals surface area contributed by atoms with Crippen molar-refractivity contribution in [1.82, 2.24) is 24.4 Å². The fourth-order valence-corrected chi connectivity index (χ4v) is 5.52. The lowest BCUT2D eigenvalue weighted by atomic mass is 10.0. The van der Waals surface area contributed by atoms with E-state index >= 15 is 0 Å². The number of likely N-dealkylation sites (tertiary alicyclic amines) is 1. The summed E-state index contributed by atoms with van der Waals surface area (Å²) in [6.45, 7) is 5.81. The molecule has 186 valence electrons. The first kappa shape index (κ1) is 24.0. The molecule has 0 aliphatic carbocycles. The number of aromatic hydroxyl groups is 1. The Hall–Kier alpha value is -3.73. The fraction of sp³-hybridized carbons (Fsp3) is 0.320. The van der Waals surface area contributed by atoms with Crippen LogP contribution in [0.3, 0.4) is 0 Å². The topological polar surface area (TPSA) is 139 Å². The summed E-state index contributed by atoms with van der Waals surface area (Å²) < 4.78 is 2.40. The Morgan fingerprint density at radius 1 is 1.25 bits per heavy atom. The summed E-state index contributed by atoms with van der Waals surface area (Å²) in [6.07, 6.45) is 1.90. The Labute approximate surface area is 215 Å². The Morgan fingerprint density at radius 2 is 2.03 bits per heavy atom. The zero-order valence-electron chi connectivity index (χ0n) is 20.1. The van der Waals surface area contributed by atoms with Crippen molar-refractivity contribution in [3.05, 3.63) is 46.8 Å². The highest BCUT2D eigenvalue weighted by molar-refractivity contribution is 9.10. The molecule has 4 aromatic rings. The number of nitrogens with one attached hydrogen (secondary N) is 1. The van der Waals surface area contributed by atoms with E-state index in [2.05, 4.69) is 36.2 Å². The number of rotatable bonds is 4. The molecular weight excluding hydrogens is 526 g/mol. The van der Waals surface area contributed by atoms with Gasteiger partial charge in [-0.2, -0.15) is 0 Å². The van der Waals surface area contributed by atoms with Crippen LogP contribution in [-0.4, -0.2) is 53.4 Å². The van der Waals surface area contributed by atoms with E-state index in [4.69, 9.17) is 5.73 Å². The van der Waals surface area contributed by atoms with Crippen molar-refractivity contribution >= 4 is 61.3 Å². The number of phenolic OH excluding ortho intramolecular Hbond substituents is 1. The highest BCUT2D eigenvalue weighted by Gasteiger charge is 2.43. The molecule has 4 heterocycles. The largest absolute Gasteiger partial charge is 0.508 e. The second-order valence-electron chi connectivity index (χ2n) is 9.31. The molecule has 0 radical (unpaired) electrons. The van der Waals surface area contributed by atoms with Gasteiger partial charge in [-0.3, -0.25) is 9.59 Å². The van der Waals surface area contributed by atoms with E-state index in [-0.39, 0.29) is 41.9 Å². The number of fused-ring (bicyclic) bond motifs is 3. The standard InChI is InChI=1S/C25H26BrN7O3/c1-12-8-17(25(36)31-19-6-4-5-18(26)30-19)33(14(12)3)20(35)10-32-22-13(2)7-15(34)9-16(22)21-23(27)28-11-29-24(21)32/h4-7,9,11-12,14,17,34H,8,10H2,1-3H3,(H2,27,28,29)(H,30,31,36)/t12-,14-,17+/m1/s1. The Kier molecular flexibility index (Phi) is 6.03. The van der Waals surface area contributed by atoms with Crippen molar-refractivity contribution < 1.29 is 14.7 Å². The van der Waals surface area contributed by atoms with Gasteiger partial charge < -0.3 is 25.6 Å². The molecule has 1 fully saturated rings. The molecule has 1 aliphatic heterocycles. The molecule has 1 saturated heterocycles. The lowest BCUT2D eigenvalue weighted by Gasteiger charge is -2.29. The first-order chi connectivity index (χ1) is 17.2. The van der Waals surface area contributed by atoms with Crippen LogP contribution in [0.5, 0.6) is 5.75 Å². The molecule has 3 aromatic heterocycles. The molecule has 2 amide bonds. The lowest BCUT2D eigenvalue weighted by molar-refractivity contribution is -0.139. The van der Waals surface area contributed by atoms with E-state index in [1.807, 2.05) is 20.8 Å². The quantitative estimate of drug-likeness (QED) is 0.329. The number of benzene rings is 1. The van der Waals surface area contributed by atoms with Crippen LogP contribution in [0, 0.1) is 12.8 Å². The van der Waals surface area contributed by atoms with Gasteiger partial charge in [0.05, 0.1) is 10.9 Å². The number of anilines is 2. The summed E-state index contributed by atoms with van der Waals surface area (Å²) in [5.74, 6) is 0.420. The molecule has 11 heteroatoms. The molecule has 0 unspecified atom stereocenters. The lowest BCUT2D eigenvalue weighted by Crippen LogP contribution is -2.47. The average molecular weight is 552 g/mol. The van der Waals surface area contributed by atoms with Crippen molar-refractivity contribution in [3.63, 3.8) is 0 Å². The molecule has 0 saturated carbocycles. The number of phenols is 1. The van der Waals surface area contributed by atoms with Crippen LogP contribution < -0.4 is 11.1 Å². The number of nitrogens with zero attached hydrogens (tertiary/aromatic N) is 5. The van der Waals surface area contributed by atoms with Crippen LogP contribution in [0.4, 0.5) is 11.6 Å². The number of carbonyl (C=O) groups excluding carboxylic acids is 2. The zero-order chi connectivity index (χ0) is 25.7. The molecule has 5 rings (SSSR count). The van der Waals surface area contributed by atoms with Crippen molar-refractivity contribution in [3.8, 4) is 5.75 Å². The normalized spacial score (nSPS) is 19.8. The Balaban J connectivity index is 1.52. The minimum absolute atomic E-state index is 0.0436. The van der Waals surface area contributed by atoms with Crippen molar-refractivity contribution in [2.75, 3.05) is 11.1 Å². The van der Waals surface area contributed by atoms with Crippen LogP contribution in [0.25, 0.3) is 21.9 Å². The third-order valence-corrected chi connectivity index (χ3v) is 7.42. The number of nitrogen functional groups attached to an aromatic ring is 1. The van der Waals surface area contributed by atoms with Crippen LogP contribution in [0.15, 0.2) is 41.3 Å². The number of halogens is 1. The maximum atomic E-state index is 13.8. The summed E-state index contributed by atoms with van der Waals surface area (Å²) in [4.78, 5) is 41.5. The van der Waals surface area contributed by atoms with E-state index < -0.39 is 6.04 Å². The summed E-state index contributed by atoms with van der Waals surface area (Å²) in [7, 11) is 0. The molecule has 1 aromatic carbocycles. The van der Waals surface area contributed by atoms with E-state index in [0.717, 1.165) is 11.1 Å². The second-order valence-corrected chi connectivity index (χ2v) is 10.1. The highest BCUT2D eigenvalue weighted by atomic mass is 79.9. The van der Waals surface area contributed by atoms with Crippen molar-refractivity contribution in [1.29, 1.82) is 0 Å². The second kappa shape index (κ2) is 9.05. The van der Waals surface area contributed by atoms with Gasteiger partial charge in [0.25, 0.3) is 0 Å². The van der Waals surface area contributed by atoms with Gasteiger partial charge in [-0.05, 0) is 71.9 Å². The molecule has 36 heavy (non-hydrogen) atoms. The number of amides is 2. The SMILES string of the molecule is Cc1cc(O)cc2c3c(N)ncnc3n(CC(=O)N3[C@H](C)[C@H](C)C[C@H]3C(=O)Nc3cccc(Br)n3)c12. The molecule has 10 nitrogen and oxygen atoms in total. The summed E-state index contributed by atoms with van der Waals surface area (Å²) in [5.41, 5.74) is 8.18. The fourth-order valence-electron chi connectivity index (χ4n) is 5.18. The van der Waals surface area contributed by atoms with Gasteiger partial charge in [0.1, 0.15) is 46.5 Å². The summed E-state index contributed by atoms with van der Waals surface area (Å²) >= 11 is 3.31. The molecule has 3 atom stereocenters. The predicted octanol–water partition coefficient (Wildman–Crippen LogP) is 3.60. The third-order valence-electron chi connectivity index (χ3n) is 6.98. The number of aryl methyl sites for hydroxylation is 1. The Bertz CT molecular complexity index is 1520. The first-order valence-corrected chi connectivity index (χ1v) is 12.4. The van der Waals surface area contributed by atoms with Gasteiger partial charge >= 0.3 is 0 Å². The van der Waals surface area contributed by atoms with Crippen LogP contribution in [0.2, 0.25) is 0 Å². The van der Waals surface area contributed by atoms with Gasteiger partial charge in [0, 0.05) is 11.4 Å². The van der Waals surface area contributed by atoms with Crippen molar-refractivity contribution in [2.45, 2.75) is 45.8 Å². The molecule has 0 bridgehead atoms. The summed E-state index contributed by atoms with van der Waals surface area (Å²) in [6, 6.07) is 7.72. The number of hydrogen-bond acceptors (Lipinski definition) is 7. The monoisotopic (exact) mass is 551 g/mol. The molecular formula is C25H26BrN7O3.